The Morgan fingerprint density at radius 2 is 1.87 bits per heavy atom. The minimum absolute atomic E-state index is 0.0228. The van der Waals surface area contributed by atoms with E-state index >= 15 is 0 Å². The van der Waals surface area contributed by atoms with Gasteiger partial charge in [0.05, 0.1) is 11.4 Å². The van der Waals surface area contributed by atoms with Crippen LogP contribution < -0.4 is 0 Å². The van der Waals surface area contributed by atoms with Gasteiger partial charge in [-0.2, -0.15) is 0 Å². The van der Waals surface area contributed by atoms with Crippen LogP contribution in [0.25, 0.3) is 0 Å². The van der Waals surface area contributed by atoms with E-state index in [1.165, 1.54) is 23.3 Å². The Morgan fingerprint density at radius 3 is 2.58 bits per heavy atom. The van der Waals surface area contributed by atoms with Gasteiger partial charge in [-0.25, -0.2) is 0 Å². The average molecular weight is 601 g/mol. The standard InChI is InChI=1S/C30H38BrN3O3S/c1-2-37-19-8-18-33(30(36)28-12-7-20-38-28)23-29(35)34(26-9-4-3-5-10-26)22-27-11-6-17-32(27)21-24-13-15-25(31)16-14-24/h6-7,11-17,20,26H,2-5,8-10,18-19,21-23H2,1H3. The molecule has 204 valence electrons. The fraction of sp³-hybridized carbons (Fsp3) is 0.467. The summed E-state index contributed by atoms with van der Waals surface area (Å²) >= 11 is 4.93. The number of hydrogen-bond acceptors (Lipinski definition) is 4. The molecule has 1 aromatic carbocycles. The predicted molar refractivity (Wildman–Crippen MR) is 156 cm³/mol. The lowest BCUT2D eigenvalue weighted by Gasteiger charge is -2.36. The fourth-order valence-electron chi connectivity index (χ4n) is 5.09. The molecule has 0 N–H and O–H groups in total. The van der Waals surface area contributed by atoms with Gasteiger partial charge in [0, 0.05) is 48.7 Å². The van der Waals surface area contributed by atoms with Crippen molar-refractivity contribution in [3.05, 3.63) is 80.7 Å². The number of ether oxygens (including phenoxy) is 1. The van der Waals surface area contributed by atoms with Gasteiger partial charge in [-0.05, 0) is 67.5 Å². The zero-order valence-corrected chi connectivity index (χ0v) is 24.6. The van der Waals surface area contributed by atoms with Gasteiger partial charge in [-0.15, -0.1) is 11.3 Å². The number of rotatable bonds is 13. The Kier molecular flexibility index (Phi) is 11.0. The van der Waals surface area contributed by atoms with Crippen LogP contribution in [0.2, 0.25) is 0 Å². The summed E-state index contributed by atoms with van der Waals surface area (Å²) in [4.78, 5) is 31.7. The van der Waals surface area contributed by atoms with E-state index in [9.17, 15) is 9.59 Å². The quantitative estimate of drug-likeness (QED) is 0.208. The first kappa shape index (κ1) is 28.6. The summed E-state index contributed by atoms with van der Waals surface area (Å²) in [6.45, 7) is 5.08. The summed E-state index contributed by atoms with van der Waals surface area (Å²) in [6, 6.07) is 16.4. The maximum absolute atomic E-state index is 13.9. The lowest BCUT2D eigenvalue weighted by molar-refractivity contribution is -0.135. The van der Waals surface area contributed by atoms with Crippen molar-refractivity contribution < 1.29 is 14.3 Å². The first-order valence-corrected chi connectivity index (χ1v) is 15.3. The third kappa shape index (κ3) is 8.04. The average Bonchev–Trinajstić information content (AvgIpc) is 3.63. The van der Waals surface area contributed by atoms with E-state index in [1.54, 1.807) is 4.90 Å². The summed E-state index contributed by atoms with van der Waals surface area (Å²) in [7, 11) is 0. The van der Waals surface area contributed by atoms with Gasteiger partial charge in [0.1, 0.15) is 6.54 Å². The topological polar surface area (TPSA) is 54.8 Å². The number of nitrogens with zero attached hydrogens (tertiary/aromatic N) is 3. The molecule has 0 aliphatic heterocycles. The molecule has 2 heterocycles. The maximum atomic E-state index is 13.9. The smallest absolute Gasteiger partial charge is 0.264 e. The highest BCUT2D eigenvalue weighted by Crippen LogP contribution is 2.25. The Labute approximate surface area is 238 Å². The molecular weight excluding hydrogens is 562 g/mol. The predicted octanol–water partition coefficient (Wildman–Crippen LogP) is 6.59. The molecule has 6 nitrogen and oxygen atoms in total. The van der Waals surface area contributed by atoms with Crippen LogP contribution in [-0.2, 0) is 22.6 Å². The zero-order chi connectivity index (χ0) is 26.7. The van der Waals surface area contributed by atoms with Crippen LogP contribution in [0.4, 0.5) is 0 Å². The van der Waals surface area contributed by atoms with E-state index in [0.717, 1.165) is 42.4 Å². The highest BCUT2D eigenvalue weighted by atomic mass is 79.9. The molecule has 4 rings (SSSR count). The molecule has 0 bridgehead atoms. The summed E-state index contributed by atoms with van der Waals surface area (Å²) in [6.07, 6.45) is 8.32. The third-order valence-electron chi connectivity index (χ3n) is 7.12. The number of carbonyl (C=O) groups is 2. The SMILES string of the molecule is CCOCCCN(CC(=O)N(Cc1cccn1Cc1ccc(Br)cc1)C1CCCCC1)C(=O)c1cccs1. The number of benzene rings is 1. The van der Waals surface area contributed by atoms with Gasteiger partial charge in [-0.3, -0.25) is 9.59 Å². The summed E-state index contributed by atoms with van der Waals surface area (Å²) in [5.41, 5.74) is 2.32. The molecule has 3 aromatic rings. The van der Waals surface area contributed by atoms with E-state index in [2.05, 4.69) is 63.1 Å². The molecule has 1 aliphatic rings. The van der Waals surface area contributed by atoms with Gasteiger partial charge in [0.25, 0.3) is 5.91 Å². The van der Waals surface area contributed by atoms with E-state index in [4.69, 9.17) is 4.74 Å². The van der Waals surface area contributed by atoms with Crippen LogP contribution in [0.15, 0.2) is 64.6 Å². The molecular formula is C30H38BrN3O3S. The molecule has 1 fully saturated rings. The number of halogens is 1. The second-order valence-electron chi connectivity index (χ2n) is 9.82. The van der Waals surface area contributed by atoms with Crippen molar-refractivity contribution in [3.63, 3.8) is 0 Å². The van der Waals surface area contributed by atoms with E-state index in [0.29, 0.717) is 37.6 Å². The molecule has 38 heavy (non-hydrogen) atoms. The van der Waals surface area contributed by atoms with Crippen LogP contribution in [0.5, 0.6) is 0 Å². The normalized spacial score (nSPS) is 13.9. The van der Waals surface area contributed by atoms with Crippen molar-refractivity contribution in [2.75, 3.05) is 26.3 Å². The fourth-order valence-corrected chi connectivity index (χ4v) is 6.04. The molecule has 1 aliphatic carbocycles. The van der Waals surface area contributed by atoms with Crippen molar-refractivity contribution in [2.45, 2.75) is 64.6 Å². The second kappa shape index (κ2) is 14.7. The Bertz CT molecular complexity index is 1140. The molecule has 0 atom stereocenters. The lowest BCUT2D eigenvalue weighted by atomic mass is 9.94. The number of aromatic nitrogens is 1. The summed E-state index contributed by atoms with van der Waals surface area (Å²) < 4.78 is 8.79. The van der Waals surface area contributed by atoms with Crippen LogP contribution in [-0.4, -0.2) is 58.5 Å². The van der Waals surface area contributed by atoms with Gasteiger partial charge < -0.3 is 19.1 Å². The first-order chi connectivity index (χ1) is 18.5. The van der Waals surface area contributed by atoms with Gasteiger partial charge in [-0.1, -0.05) is 53.4 Å². The lowest BCUT2D eigenvalue weighted by Crippen LogP contribution is -2.47. The molecule has 0 saturated heterocycles. The zero-order valence-electron chi connectivity index (χ0n) is 22.2. The molecule has 2 amide bonds. The van der Waals surface area contributed by atoms with Crippen LogP contribution in [0, 0.1) is 0 Å². The molecule has 0 unspecified atom stereocenters. The highest BCUT2D eigenvalue weighted by molar-refractivity contribution is 9.10. The third-order valence-corrected chi connectivity index (χ3v) is 8.51. The first-order valence-electron chi connectivity index (χ1n) is 13.6. The molecule has 0 radical (unpaired) electrons. The van der Waals surface area contributed by atoms with E-state index in [1.807, 2.05) is 29.3 Å². The van der Waals surface area contributed by atoms with Crippen molar-refractivity contribution >= 4 is 39.1 Å². The van der Waals surface area contributed by atoms with Crippen molar-refractivity contribution in [1.82, 2.24) is 14.4 Å². The molecule has 1 saturated carbocycles. The number of amides is 2. The van der Waals surface area contributed by atoms with Crippen molar-refractivity contribution in [3.8, 4) is 0 Å². The minimum Gasteiger partial charge on any atom is -0.382 e. The molecule has 2 aromatic heterocycles. The largest absolute Gasteiger partial charge is 0.382 e. The Hall–Kier alpha value is -2.42. The highest BCUT2D eigenvalue weighted by Gasteiger charge is 2.29. The van der Waals surface area contributed by atoms with Gasteiger partial charge >= 0.3 is 0 Å². The number of hydrogen-bond donors (Lipinski definition) is 0. The second-order valence-corrected chi connectivity index (χ2v) is 11.7. The maximum Gasteiger partial charge on any atom is 0.264 e. The van der Waals surface area contributed by atoms with Crippen LogP contribution in [0.1, 0.15) is 66.4 Å². The van der Waals surface area contributed by atoms with E-state index < -0.39 is 0 Å². The summed E-state index contributed by atoms with van der Waals surface area (Å²) in [5, 5.41) is 1.90. The van der Waals surface area contributed by atoms with Gasteiger partial charge in [0.2, 0.25) is 5.91 Å². The van der Waals surface area contributed by atoms with Crippen molar-refractivity contribution in [2.24, 2.45) is 0 Å². The molecule has 8 heteroatoms. The summed E-state index contributed by atoms with van der Waals surface area (Å²) in [5.74, 6) is -0.0540. The van der Waals surface area contributed by atoms with E-state index in [-0.39, 0.29) is 24.4 Å². The minimum atomic E-state index is -0.0768. The van der Waals surface area contributed by atoms with Gasteiger partial charge in [0.15, 0.2) is 0 Å². The Balaban J connectivity index is 1.51. The number of carbonyl (C=O) groups excluding carboxylic acids is 2. The molecule has 0 spiro atoms. The number of thiophene rings is 1. The van der Waals surface area contributed by atoms with Crippen molar-refractivity contribution in [1.29, 1.82) is 0 Å². The van der Waals surface area contributed by atoms with Crippen LogP contribution in [0.3, 0.4) is 0 Å². The Morgan fingerprint density at radius 1 is 1.08 bits per heavy atom. The van der Waals surface area contributed by atoms with Crippen LogP contribution >= 0.6 is 27.3 Å². The monoisotopic (exact) mass is 599 g/mol.